The maximum absolute atomic E-state index is 12.9. The fourth-order valence-electron chi connectivity index (χ4n) is 4.01. The summed E-state index contributed by atoms with van der Waals surface area (Å²) < 4.78 is 5.43. The van der Waals surface area contributed by atoms with Crippen molar-refractivity contribution in [1.29, 1.82) is 0 Å². The molecule has 0 bridgehead atoms. The molecule has 6 nitrogen and oxygen atoms in total. The Morgan fingerprint density at radius 2 is 1.94 bits per heavy atom. The summed E-state index contributed by atoms with van der Waals surface area (Å²) in [6, 6.07) is 13.5. The first kappa shape index (κ1) is 21.5. The molecule has 2 heterocycles. The number of benzene rings is 2. The highest BCUT2D eigenvalue weighted by atomic mass is 35.5. The molecule has 1 aromatic heterocycles. The molecule has 0 atom stereocenters. The molecule has 1 fully saturated rings. The minimum atomic E-state index is 0.0212. The summed E-state index contributed by atoms with van der Waals surface area (Å²) in [5, 5.41) is 7.93. The van der Waals surface area contributed by atoms with Gasteiger partial charge < -0.3 is 9.84 Å². The van der Waals surface area contributed by atoms with Crippen LogP contribution in [-0.2, 0) is 17.8 Å². The Labute approximate surface area is 187 Å². The summed E-state index contributed by atoms with van der Waals surface area (Å²) in [6.45, 7) is 6.39. The van der Waals surface area contributed by atoms with Crippen LogP contribution in [0.25, 0.3) is 11.4 Å². The smallest absolute Gasteiger partial charge is 0.241 e. The van der Waals surface area contributed by atoms with Crippen molar-refractivity contribution < 1.29 is 9.32 Å². The Morgan fingerprint density at radius 3 is 2.65 bits per heavy atom. The molecule has 0 spiro atoms. The average molecular weight is 439 g/mol. The summed E-state index contributed by atoms with van der Waals surface area (Å²) in [5.74, 6) is 1.28. The number of nitrogens with one attached hydrogen (secondary N) is 1. The van der Waals surface area contributed by atoms with Gasteiger partial charge in [-0.25, -0.2) is 0 Å². The van der Waals surface area contributed by atoms with E-state index in [-0.39, 0.29) is 11.8 Å². The van der Waals surface area contributed by atoms with Crippen molar-refractivity contribution in [3.63, 3.8) is 0 Å². The minimum absolute atomic E-state index is 0.0212. The number of amides is 1. The number of hydrogen-bond donors (Lipinski definition) is 1. The molecule has 1 aliphatic rings. The molecule has 3 aromatic rings. The summed E-state index contributed by atoms with van der Waals surface area (Å²) in [7, 11) is 0. The van der Waals surface area contributed by atoms with Crippen LogP contribution in [0.2, 0.25) is 5.02 Å². The van der Waals surface area contributed by atoms with Crippen molar-refractivity contribution in [1.82, 2.24) is 15.0 Å². The van der Waals surface area contributed by atoms with Crippen LogP contribution in [0.3, 0.4) is 0 Å². The highest BCUT2D eigenvalue weighted by molar-refractivity contribution is 6.30. The molecule has 31 heavy (non-hydrogen) atoms. The van der Waals surface area contributed by atoms with E-state index in [1.807, 2.05) is 43.3 Å². The average Bonchev–Trinajstić information content (AvgIpc) is 3.24. The number of nitrogens with zero attached hydrogens (tertiary/aromatic N) is 3. The van der Waals surface area contributed by atoms with Gasteiger partial charge in [-0.1, -0.05) is 41.9 Å². The van der Waals surface area contributed by atoms with Gasteiger partial charge in [-0.15, -0.1) is 0 Å². The van der Waals surface area contributed by atoms with E-state index in [0.29, 0.717) is 23.3 Å². The van der Waals surface area contributed by atoms with Crippen molar-refractivity contribution >= 4 is 23.2 Å². The van der Waals surface area contributed by atoms with Gasteiger partial charge in [0.25, 0.3) is 0 Å². The molecule has 1 N–H and O–H groups in total. The number of carbonyl (C=O) groups excluding carboxylic acids is 1. The normalized spacial score (nSPS) is 15.2. The fourth-order valence-corrected chi connectivity index (χ4v) is 4.13. The number of para-hydroxylation sites is 1. The second-order valence-corrected chi connectivity index (χ2v) is 8.46. The Balaban J connectivity index is 1.31. The zero-order valence-electron chi connectivity index (χ0n) is 17.9. The Kier molecular flexibility index (Phi) is 6.68. The Bertz CT molecular complexity index is 1040. The van der Waals surface area contributed by atoms with Crippen LogP contribution in [0.4, 0.5) is 5.69 Å². The lowest BCUT2D eigenvalue weighted by atomic mass is 9.95. The van der Waals surface area contributed by atoms with Crippen LogP contribution in [0, 0.1) is 12.8 Å². The zero-order chi connectivity index (χ0) is 21.8. The van der Waals surface area contributed by atoms with Crippen LogP contribution in [0.1, 0.15) is 36.8 Å². The molecule has 4 rings (SSSR count). The number of anilines is 1. The summed E-state index contributed by atoms with van der Waals surface area (Å²) >= 11 is 5.94. The van der Waals surface area contributed by atoms with Gasteiger partial charge in [0, 0.05) is 22.2 Å². The van der Waals surface area contributed by atoms with Gasteiger partial charge in [-0.2, -0.15) is 4.98 Å². The number of aromatic nitrogens is 2. The maximum atomic E-state index is 12.9. The third kappa shape index (κ3) is 5.14. The molecule has 7 heteroatoms. The molecule has 0 aliphatic carbocycles. The van der Waals surface area contributed by atoms with Crippen molar-refractivity contribution in [3.05, 3.63) is 64.5 Å². The molecule has 0 saturated carbocycles. The minimum Gasteiger partial charge on any atom is -0.338 e. The molecule has 1 aliphatic heterocycles. The number of aryl methyl sites for hydroxylation is 2. The van der Waals surface area contributed by atoms with E-state index in [2.05, 4.69) is 33.3 Å². The van der Waals surface area contributed by atoms with Crippen LogP contribution < -0.4 is 5.32 Å². The molecule has 1 amide bonds. The molecular weight excluding hydrogens is 412 g/mol. The quantitative estimate of drug-likeness (QED) is 0.578. The predicted octanol–water partition coefficient (Wildman–Crippen LogP) is 5.11. The molecule has 2 aromatic carbocycles. The first-order valence-electron chi connectivity index (χ1n) is 10.7. The van der Waals surface area contributed by atoms with Gasteiger partial charge in [-0.3, -0.25) is 9.69 Å². The van der Waals surface area contributed by atoms with E-state index in [1.54, 1.807) is 0 Å². The van der Waals surface area contributed by atoms with E-state index in [4.69, 9.17) is 16.1 Å². The molecule has 0 unspecified atom stereocenters. The Hall–Kier alpha value is -2.70. The van der Waals surface area contributed by atoms with E-state index in [9.17, 15) is 4.79 Å². The fraction of sp³-hybridized carbons (Fsp3) is 0.375. The van der Waals surface area contributed by atoms with Crippen LogP contribution in [0.15, 0.2) is 47.0 Å². The van der Waals surface area contributed by atoms with Crippen molar-refractivity contribution in [3.8, 4) is 11.4 Å². The second kappa shape index (κ2) is 9.62. The van der Waals surface area contributed by atoms with E-state index in [1.165, 1.54) is 5.56 Å². The summed E-state index contributed by atoms with van der Waals surface area (Å²) in [6.07, 6.45) is 2.53. The third-order valence-corrected chi connectivity index (χ3v) is 6.13. The number of halogens is 1. The lowest BCUT2D eigenvalue weighted by Gasteiger charge is -2.30. The van der Waals surface area contributed by atoms with Crippen LogP contribution >= 0.6 is 11.6 Å². The van der Waals surface area contributed by atoms with Gasteiger partial charge in [0.2, 0.25) is 17.6 Å². The lowest BCUT2D eigenvalue weighted by molar-refractivity contribution is -0.121. The van der Waals surface area contributed by atoms with Gasteiger partial charge >= 0.3 is 0 Å². The summed E-state index contributed by atoms with van der Waals surface area (Å²) in [5.41, 5.74) is 4.13. The van der Waals surface area contributed by atoms with Gasteiger partial charge in [-0.05, 0) is 74.7 Å². The highest BCUT2D eigenvalue weighted by Crippen LogP contribution is 2.25. The SMILES string of the molecule is CCc1cccc(C)c1NC(=O)C1CCN(Cc2nc(-c3ccc(Cl)cc3)no2)CC1. The van der Waals surface area contributed by atoms with E-state index < -0.39 is 0 Å². The standard InChI is InChI=1S/C24H27ClN4O2/c1-3-17-6-4-5-16(2)22(17)27-24(30)19-11-13-29(14-12-19)15-21-26-23(28-31-21)18-7-9-20(25)10-8-18/h4-10,19H,3,11-15H2,1-2H3,(H,27,30). The number of piperidine rings is 1. The lowest BCUT2D eigenvalue weighted by Crippen LogP contribution is -2.38. The molecule has 162 valence electrons. The van der Waals surface area contributed by atoms with Crippen LogP contribution in [0.5, 0.6) is 0 Å². The first-order chi connectivity index (χ1) is 15.0. The predicted molar refractivity (Wildman–Crippen MR) is 122 cm³/mol. The maximum Gasteiger partial charge on any atom is 0.241 e. The zero-order valence-corrected chi connectivity index (χ0v) is 18.7. The number of likely N-dealkylation sites (tertiary alicyclic amines) is 1. The number of hydrogen-bond acceptors (Lipinski definition) is 5. The highest BCUT2D eigenvalue weighted by Gasteiger charge is 2.26. The molecule has 1 saturated heterocycles. The monoisotopic (exact) mass is 438 g/mol. The third-order valence-electron chi connectivity index (χ3n) is 5.88. The molecule has 0 radical (unpaired) electrons. The number of carbonyl (C=O) groups is 1. The van der Waals surface area contributed by atoms with Crippen molar-refractivity contribution in [2.75, 3.05) is 18.4 Å². The number of rotatable bonds is 6. The van der Waals surface area contributed by atoms with Gasteiger partial charge in [0.05, 0.1) is 6.54 Å². The van der Waals surface area contributed by atoms with Gasteiger partial charge in [0.1, 0.15) is 0 Å². The van der Waals surface area contributed by atoms with E-state index >= 15 is 0 Å². The molecular formula is C24H27ClN4O2. The van der Waals surface area contributed by atoms with Gasteiger partial charge in [0.15, 0.2) is 0 Å². The first-order valence-corrected chi connectivity index (χ1v) is 11.1. The second-order valence-electron chi connectivity index (χ2n) is 8.02. The Morgan fingerprint density at radius 1 is 1.19 bits per heavy atom. The topological polar surface area (TPSA) is 71.3 Å². The van der Waals surface area contributed by atoms with Crippen LogP contribution in [-0.4, -0.2) is 34.0 Å². The van der Waals surface area contributed by atoms with E-state index in [0.717, 1.165) is 49.2 Å². The van der Waals surface area contributed by atoms with Crippen molar-refractivity contribution in [2.45, 2.75) is 39.7 Å². The van der Waals surface area contributed by atoms with Crippen molar-refractivity contribution in [2.24, 2.45) is 5.92 Å². The largest absolute Gasteiger partial charge is 0.338 e. The summed E-state index contributed by atoms with van der Waals surface area (Å²) in [4.78, 5) is 19.6.